The summed E-state index contributed by atoms with van der Waals surface area (Å²) in [5.74, 6) is 0.252. The van der Waals surface area contributed by atoms with Gasteiger partial charge in [0.05, 0.1) is 12.0 Å². The number of amides is 1. The second-order valence-electron chi connectivity index (χ2n) is 6.84. The molecule has 0 saturated carbocycles. The Morgan fingerprint density at radius 2 is 1.68 bits per heavy atom. The maximum Gasteiger partial charge on any atom is 0.387 e. The molecule has 0 aliphatic heterocycles. The quantitative estimate of drug-likeness (QED) is 0.212. The number of alkyl halides is 2. The van der Waals surface area contributed by atoms with Crippen molar-refractivity contribution in [3.63, 3.8) is 0 Å². The zero-order valence-electron chi connectivity index (χ0n) is 17.7. The van der Waals surface area contributed by atoms with E-state index in [1.165, 1.54) is 24.0 Å². The van der Waals surface area contributed by atoms with Crippen LogP contribution in [0.3, 0.4) is 0 Å². The molecule has 0 saturated heterocycles. The number of ether oxygens (including phenoxy) is 1. The monoisotopic (exact) mass is 479 g/mol. The summed E-state index contributed by atoms with van der Waals surface area (Å²) < 4.78 is 31.4. The highest BCUT2D eigenvalue weighted by Crippen LogP contribution is 2.27. The number of nitrogens with one attached hydrogen (secondary N) is 1. The average Bonchev–Trinajstić information content (AvgIpc) is 3.28. The number of halogens is 2. The number of carbonyl (C=O) groups is 1. The second kappa shape index (κ2) is 11.2. The number of hydrogen-bond donors (Lipinski definition) is 1. The zero-order valence-corrected chi connectivity index (χ0v) is 18.5. The maximum atomic E-state index is 12.5. The number of benzene rings is 3. The topological polar surface area (TPSA) is 81.4 Å². The first-order chi connectivity index (χ1) is 16.6. The van der Waals surface area contributed by atoms with Crippen LogP contribution in [-0.4, -0.2) is 39.3 Å². The van der Waals surface area contributed by atoms with Crippen LogP contribution in [0.5, 0.6) is 5.75 Å². The number of nitrogens with zero attached hydrogens (tertiary/aromatic N) is 4. The number of hydrogen-bond acceptors (Lipinski definition) is 6. The lowest BCUT2D eigenvalue weighted by atomic mass is 10.2. The number of hydrazone groups is 1. The van der Waals surface area contributed by atoms with Crippen molar-refractivity contribution in [2.45, 2.75) is 11.8 Å². The van der Waals surface area contributed by atoms with Crippen LogP contribution in [0.1, 0.15) is 5.56 Å². The molecule has 1 amide bonds. The van der Waals surface area contributed by atoms with E-state index in [0.717, 1.165) is 11.3 Å². The van der Waals surface area contributed by atoms with Gasteiger partial charge in [-0.2, -0.15) is 13.9 Å². The zero-order chi connectivity index (χ0) is 23.8. The van der Waals surface area contributed by atoms with Crippen LogP contribution in [0.2, 0.25) is 0 Å². The van der Waals surface area contributed by atoms with Crippen molar-refractivity contribution in [1.29, 1.82) is 0 Å². The Labute approximate surface area is 198 Å². The summed E-state index contributed by atoms with van der Waals surface area (Å²) in [6.45, 7) is -2.96. The van der Waals surface area contributed by atoms with Crippen LogP contribution in [0, 0.1) is 0 Å². The van der Waals surface area contributed by atoms with Gasteiger partial charge in [-0.3, -0.25) is 9.36 Å². The lowest BCUT2D eigenvalue weighted by Gasteiger charge is -2.10. The van der Waals surface area contributed by atoms with Gasteiger partial charge in [0.1, 0.15) is 5.75 Å². The van der Waals surface area contributed by atoms with Gasteiger partial charge in [-0.05, 0) is 24.3 Å². The summed E-state index contributed by atoms with van der Waals surface area (Å²) in [4.78, 5) is 12.3. The van der Waals surface area contributed by atoms with Crippen LogP contribution >= 0.6 is 11.8 Å². The first kappa shape index (κ1) is 23.1. The number of thioether (sulfide) groups is 1. The SMILES string of the molecule is O=C(CSc1nnc(-c2ccccc2)n1-c1ccccc1)N/N=C\c1ccccc1OC(F)F. The maximum absolute atomic E-state index is 12.5. The molecule has 10 heteroatoms. The summed E-state index contributed by atoms with van der Waals surface area (Å²) >= 11 is 1.20. The van der Waals surface area contributed by atoms with Gasteiger partial charge in [0.25, 0.3) is 5.91 Å². The van der Waals surface area contributed by atoms with Crippen molar-refractivity contribution in [1.82, 2.24) is 20.2 Å². The van der Waals surface area contributed by atoms with E-state index in [-0.39, 0.29) is 11.5 Å². The normalized spacial score (nSPS) is 11.1. The van der Waals surface area contributed by atoms with Gasteiger partial charge in [-0.15, -0.1) is 10.2 Å². The molecule has 1 heterocycles. The summed E-state index contributed by atoms with van der Waals surface area (Å²) in [6.07, 6.45) is 1.25. The van der Waals surface area contributed by atoms with Crippen LogP contribution < -0.4 is 10.2 Å². The van der Waals surface area contributed by atoms with E-state index in [4.69, 9.17) is 0 Å². The molecule has 0 aliphatic carbocycles. The predicted octanol–water partition coefficient (Wildman–Crippen LogP) is 4.78. The third kappa shape index (κ3) is 5.84. The van der Waals surface area contributed by atoms with Crippen LogP contribution in [0.4, 0.5) is 8.78 Å². The Morgan fingerprint density at radius 3 is 2.41 bits per heavy atom. The Kier molecular flexibility index (Phi) is 7.61. The van der Waals surface area contributed by atoms with Gasteiger partial charge in [0, 0.05) is 16.8 Å². The Hall–Kier alpha value is -4.05. The molecule has 0 bridgehead atoms. The summed E-state index contributed by atoms with van der Waals surface area (Å²) in [5, 5.41) is 13.0. The second-order valence-corrected chi connectivity index (χ2v) is 7.78. The first-order valence-corrected chi connectivity index (χ1v) is 11.1. The molecule has 0 atom stereocenters. The van der Waals surface area contributed by atoms with Gasteiger partial charge in [-0.1, -0.05) is 72.4 Å². The lowest BCUT2D eigenvalue weighted by Crippen LogP contribution is -2.20. The van der Waals surface area contributed by atoms with Crippen LogP contribution in [0.15, 0.2) is 95.2 Å². The minimum atomic E-state index is -2.96. The van der Waals surface area contributed by atoms with Gasteiger partial charge >= 0.3 is 6.61 Å². The molecule has 4 aromatic rings. The summed E-state index contributed by atoms with van der Waals surface area (Å²) in [5.41, 5.74) is 4.46. The first-order valence-electron chi connectivity index (χ1n) is 10.2. The number of carbonyl (C=O) groups excluding carboxylic acids is 1. The third-order valence-corrected chi connectivity index (χ3v) is 5.47. The minimum Gasteiger partial charge on any atom is -0.434 e. The predicted molar refractivity (Wildman–Crippen MR) is 126 cm³/mol. The highest BCUT2D eigenvalue weighted by atomic mass is 32.2. The van der Waals surface area contributed by atoms with Crippen molar-refractivity contribution in [2.75, 3.05) is 5.75 Å². The van der Waals surface area contributed by atoms with E-state index in [1.54, 1.807) is 18.2 Å². The van der Waals surface area contributed by atoms with E-state index in [9.17, 15) is 13.6 Å². The molecular weight excluding hydrogens is 460 g/mol. The molecule has 4 rings (SSSR count). The van der Waals surface area contributed by atoms with E-state index in [2.05, 4.69) is 25.5 Å². The molecule has 7 nitrogen and oxygen atoms in total. The number of aromatic nitrogens is 3. The van der Waals surface area contributed by atoms with Gasteiger partial charge < -0.3 is 4.74 Å². The Bertz CT molecular complexity index is 1270. The van der Waals surface area contributed by atoms with Gasteiger partial charge in [0.2, 0.25) is 0 Å². The highest BCUT2D eigenvalue weighted by Gasteiger charge is 2.17. The number of rotatable bonds is 9. The van der Waals surface area contributed by atoms with Crippen molar-refractivity contribution in [3.8, 4) is 22.8 Å². The van der Waals surface area contributed by atoms with E-state index in [1.807, 2.05) is 65.2 Å². The Morgan fingerprint density at radius 1 is 1.00 bits per heavy atom. The van der Waals surface area contributed by atoms with Crippen molar-refractivity contribution in [3.05, 3.63) is 90.5 Å². The summed E-state index contributed by atoms with van der Waals surface area (Å²) in [7, 11) is 0. The third-order valence-electron chi connectivity index (χ3n) is 4.54. The fraction of sp³-hybridized carbons (Fsp3) is 0.0833. The lowest BCUT2D eigenvalue weighted by molar-refractivity contribution is -0.118. The average molecular weight is 480 g/mol. The standard InChI is InChI=1S/C24H19F2N5O2S/c25-23(26)33-20-14-8-7-11-18(20)15-27-28-21(32)16-34-24-30-29-22(17-9-3-1-4-10-17)31(24)19-12-5-2-6-13-19/h1-15,23H,16H2,(H,28,32)/b27-15-. The molecule has 172 valence electrons. The molecular formula is C24H19F2N5O2S. The van der Waals surface area contributed by atoms with Gasteiger partial charge in [-0.25, -0.2) is 5.43 Å². The smallest absolute Gasteiger partial charge is 0.387 e. The Balaban J connectivity index is 1.45. The van der Waals surface area contributed by atoms with Crippen LogP contribution in [0.25, 0.3) is 17.1 Å². The van der Waals surface area contributed by atoms with Crippen molar-refractivity contribution < 1.29 is 18.3 Å². The largest absolute Gasteiger partial charge is 0.434 e. The molecule has 1 N–H and O–H groups in total. The molecule has 0 spiro atoms. The molecule has 0 unspecified atom stereocenters. The summed E-state index contributed by atoms with van der Waals surface area (Å²) in [6, 6.07) is 25.4. The highest BCUT2D eigenvalue weighted by molar-refractivity contribution is 7.99. The van der Waals surface area contributed by atoms with Crippen molar-refractivity contribution in [2.24, 2.45) is 5.10 Å². The molecule has 34 heavy (non-hydrogen) atoms. The molecule has 1 aromatic heterocycles. The number of para-hydroxylation sites is 2. The van der Waals surface area contributed by atoms with Crippen LogP contribution in [-0.2, 0) is 4.79 Å². The van der Waals surface area contributed by atoms with Crippen molar-refractivity contribution >= 4 is 23.9 Å². The van der Waals surface area contributed by atoms with Gasteiger partial charge in [0.15, 0.2) is 11.0 Å². The van der Waals surface area contributed by atoms with E-state index < -0.39 is 12.5 Å². The fourth-order valence-electron chi connectivity index (χ4n) is 3.07. The molecule has 0 radical (unpaired) electrons. The molecule has 0 aliphatic rings. The van der Waals surface area contributed by atoms with E-state index in [0.29, 0.717) is 16.5 Å². The fourth-order valence-corrected chi connectivity index (χ4v) is 3.82. The molecule has 0 fully saturated rings. The molecule has 3 aromatic carbocycles. The minimum absolute atomic E-state index is 0.0201. The van der Waals surface area contributed by atoms with E-state index >= 15 is 0 Å².